The first-order chi connectivity index (χ1) is 6.29. The van der Waals surface area contributed by atoms with Crippen molar-refractivity contribution in [1.82, 2.24) is 0 Å². The van der Waals surface area contributed by atoms with Crippen molar-refractivity contribution >= 4 is 23.2 Å². The zero-order valence-corrected chi connectivity index (χ0v) is 8.61. The Labute approximate surface area is 87.6 Å². The van der Waals surface area contributed by atoms with Gasteiger partial charge in [-0.3, -0.25) is 0 Å². The number of hydrogen-bond donors (Lipinski definition) is 0. The minimum atomic E-state index is 0.406. The van der Waals surface area contributed by atoms with Crippen molar-refractivity contribution < 1.29 is 4.74 Å². The molecule has 1 aliphatic carbocycles. The molecule has 0 spiro atoms. The number of ether oxygens (including phenoxy) is 1. The van der Waals surface area contributed by atoms with Crippen LogP contribution >= 0.6 is 23.2 Å². The maximum Gasteiger partial charge on any atom is 0.124 e. The summed E-state index contributed by atoms with van der Waals surface area (Å²) < 4.78 is 5.66. The molecular formula is C10H10Cl2O. The van der Waals surface area contributed by atoms with Crippen molar-refractivity contribution in [3.8, 4) is 5.75 Å². The zero-order valence-electron chi connectivity index (χ0n) is 7.09. The van der Waals surface area contributed by atoms with E-state index in [-0.39, 0.29) is 0 Å². The third kappa shape index (κ3) is 2.29. The fourth-order valence-corrected chi connectivity index (χ4v) is 1.54. The Bertz CT molecular complexity index is 308. The van der Waals surface area contributed by atoms with Crippen molar-refractivity contribution in [2.45, 2.75) is 24.8 Å². The predicted molar refractivity (Wildman–Crippen MR) is 54.7 cm³/mol. The van der Waals surface area contributed by atoms with E-state index in [1.807, 2.05) is 18.2 Å². The van der Waals surface area contributed by atoms with Crippen molar-refractivity contribution in [3.63, 3.8) is 0 Å². The Kier molecular flexibility index (Phi) is 2.66. The Balaban J connectivity index is 2.21. The molecule has 1 nitrogen and oxygen atoms in total. The Morgan fingerprint density at radius 1 is 1.38 bits per heavy atom. The normalized spacial score (nSPS) is 15.8. The molecule has 0 saturated heterocycles. The van der Waals surface area contributed by atoms with E-state index < -0.39 is 0 Å². The molecule has 13 heavy (non-hydrogen) atoms. The fraction of sp³-hybridized carbons (Fsp3) is 0.400. The zero-order chi connectivity index (χ0) is 9.26. The van der Waals surface area contributed by atoms with Crippen molar-refractivity contribution in [2.75, 3.05) is 0 Å². The average Bonchev–Trinajstić information content (AvgIpc) is 2.92. The summed E-state index contributed by atoms with van der Waals surface area (Å²) in [6.45, 7) is 0. The number of alkyl halides is 1. The topological polar surface area (TPSA) is 9.23 Å². The minimum absolute atomic E-state index is 0.406. The van der Waals surface area contributed by atoms with Gasteiger partial charge in [-0.15, -0.1) is 11.6 Å². The highest BCUT2D eigenvalue weighted by molar-refractivity contribution is 6.30. The highest BCUT2D eigenvalue weighted by Crippen LogP contribution is 2.31. The van der Waals surface area contributed by atoms with Crippen LogP contribution in [0.4, 0.5) is 0 Å². The second kappa shape index (κ2) is 3.77. The summed E-state index contributed by atoms with van der Waals surface area (Å²) in [7, 11) is 0. The standard InChI is InChI=1S/C10H10Cl2O/c11-6-7-5-8(12)1-4-10(7)13-9-2-3-9/h1,4-5,9H,2-3,6H2. The van der Waals surface area contributed by atoms with Crippen LogP contribution in [0, 0.1) is 0 Å². The second-order valence-electron chi connectivity index (χ2n) is 3.20. The van der Waals surface area contributed by atoms with Crippen LogP contribution in [0.25, 0.3) is 0 Å². The summed E-state index contributed by atoms with van der Waals surface area (Å²) in [6, 6.07) is 5.57. The van der Waals surface area contributed by atoms with Gasteiger partial charge in [-0.1, -0.05) is 11.6 Å². The van der Waals surface area contributed by atoms with Crippen LogP contribution in [0.3, 0.4) is 0 Å². The van der Waals surface area contributed by atoms with E-state index in [0.29, 0.717) is 17.0 Å². The van der Waals surface area contributed by atoms with E-state index in [0.717, 1.165) is 24.2 Å². The van der Waals surface area contributed by atoms with Gasteiger partial charge >= 0.3 is 0 Å². The van der Waals surface area contributed by atoms with Crippen LogP contribution in [0.15, 0.2) is 18.2 Å². The first-order valence-electron chi connectivity index (χ1n) is 4.30. The summed E-state index contributed by atoms with van der Waals surface area (Å²) >= 11 is 11.6. The molecule has 1 aromatic carbocycles. The molecule has 1 aromatic rings. The quantitative estimate of drug-likeness (QED) is 0.702. The molecule has 0 bridgehead atoms. The van der Waals surface area contributed by atoms with Crippen LogP contribution in [0.5, 0.6) is 5.75 Å². The van der Waals surface area contributed by atoms with Crippen molar-refractivity contribution in [3.05, 3.63) is 28.8 Å². The van der Waals surface area contributed by atoms with Crippen LogP contribution in [-0.4, -0.2) is 6.10 Å². The van der Waals surface area contributed by atoms with E-state index in [1.54, 1.807) is 0 Å². The molecule has 0 amide bonds. The molecule has 0 N–H and O–H groups in total. The molecule has 0 unspecified atom stereocenters. The lowest BCUT2D eigenvalue weighted by Crippen LogP contribution is -1.98. The lowest BCUT2D eigenvalue weighted by atomic mass is 10.2. The lowest BCUT2D eigenvalue weighted by Gasteiger charge is -2.08. The largest absolute Gasteiger partial charge is 0.490 e. The van der Waals surface area contributed by atoms with E-state index in [1.165, 1.54) is 0 Å². The molecule has 1 fully saturated rings. The summed E-state index contributed by atoms with van der Waals surface area (Å²) in [4.78, 5) is 0. The molecule has 0 aliphatic heterocycles. The van der Waals surface area contributed by atoms with Crippen LogP contribution in [-0.2, 0) is 5.88 Å². The minimum Gasteiger partial charge on any atom is -0.490 e. The molecule has 3 heteroatoms. The maximum absolute atomic E-state index is 5.83. The first-order valence-corrected chi connectivity index (χ1v) is 5.22. The van der Waals surface area contributed by atoms with Gasteiger partial charge in [0.25, 0.3) is 0 Å². The lowest BCUT2D eigenvalue weighted by molar-refractivity contribution is 0.301. The molecule has 1 aliphatic rings. The second-order valence-corrected chi connectivity index (χ2v) is 3.91. The Morgan fingerprint density at radius 3 is 2.77 bits per heavy atom. The van der Waals surface area contributed by atoms with Crippen LogP contribution in [0.2, 0.25) is 5.02 Å². The van der Waals surface area contributed by atoms with Crippen LogP contribution < -0.4 is 4.74 Å². The average molecular weight is 217 g/mol. The summed E-state index contributed by atoms with van der Waals surface area (Å²) in [6.07, 6.45) is 2.72. The van der Waals surface area contributed by atoms with E-state index in [4.69, 9.17) is 27.9 Å². The number of benzene rings is 1. The van der Waals surface area contributed by atoms with Gasteiger partial charge in [-0.2, -0.15) is 0 Å². The van der Waals surface area contributed by atoms with Gasteiger partial charge in [0.15, 0.2) is 0 Å². The predicted octanol–water partition coefficient (Wildman–Crippen LogP) is 3.62. The maximum atomic E-state index is 5.83. The molecule has 70 valence electrons. The fourth-order valence-electron chi connectivity index (χ4n) is 1.13. The molecule has 0 aromatic heterocycles. The van der Waals surface area contributed by atoms with Crippen LogP contribution in [0.1, 0.15) is 18.4 Å². The molecule has 0 atom stereocenters. The molecular weight excluding hydrogens is 207 g/mol. The Morgan fingerprint density at radius 2 is 2.15 bits per heavy atom. The summed E-state index contributed by atoms with van der Waals surface area (Å²) in [5.74, 6) is 1.32. The number of rotatable bonds is 3. The van der Waals surface area contributed by atoms with Gasteiger partial charge < -0.3 is 4.74 Å². The van der Waals surface area contributed by atoms with E-state index in [2.05, 4.69) is 0 Å². The van der Waals surface area contributed by atoms with Gasteiger partial charge in [-0.05, 0) is 31.0 Å². The molecule has 0 radical (unpaired) electrons. The Hall–Kier alpha value is -0.400. The third-order valence-corrected chi connectivity index (χ3v) is 2.51. The van der Waals surface area contributed by atoms with Crippen molar-refractivity contribution in [1.29, 1.82) is 0 Å². The monoisotopic (exact) mass is 216 g/mol. The highest BCUT2D eigenvalue weighted by Gasteiger charge is 2.24. The van der Waals surface area contributed by atoms with Gasteiger partial charge in [-0.25, -0.2) is 0 Å². The first kappa shape index (κ1) is 9.17. The van der Waals surface area contributed by atoms with Gasteiger partial charge in [0.05, 0.1) is 12.0 Å². The van der Waals surface area contributed by atoms with Gasteiger partial charge in [0.2, 0.25) is 0 Å². The summed E-state index contributed by atoms with van der Waals surface area (Å²) in [5.41, 5.74) is 0.973. The number of hydrogen-bond acceptors (Lipinski definition) is 1. The van der Waals surface area contributed by atoms with Gasteiger partial charge in [0.1, 0.15) is 5.75 Å². The molecule has 0 heterocycles. The third-order valence-electron chi connectivity index (χ3n) is 1.98. The number of halogens is 2. The van der Waals surface area contributed by atoms with E-state index in [9.17, 15) is 0 Å². The van der Waals surface area contributed by atoms with Gasteiger partial charge in [0, 0.05) is 10.6 Å². The molecule has 2 rings (SSSR count). The summed E-state index contributed by atoms with van der Waals surface area (Å²) in [5, 5.41) is 0.707. The highest BCUT2D eigenvalue weighted by atomic mass is 35.5. The SMILES string of the molecule is ClCc1cc(Cl)ccc1OC1CC1. The molecule has 1 saturated carbocycles. The van der Waals surface area contributed by atoms with E-state index >= 15 is 0 Å². The smallest absolute Gasteiger partial charge is 0.124 e. The van der Waals surface area contributed by atoms with Crippen molar-refractivity contribution in [2.24, 2.45) is 0 Å².